The maximum atomic E-state index is 12.7. The van der Waals surface area contributed by atoms with Gasteiger partial charge in [0.05, 0.1) is 0 Å². The van der Waals surface area contributed by atoms with E-state index in [9.17, 15) is 9.59 Å². The summed E-state index contributed by atoms with van der Waals surface area (Å²) in [7, 11) is 0. The Bertz CT molecular complexity index is 651. The summed E-state index contributed by atoms with van der Waals surface area (Å²) in [5.41, 5.74) is 3.12. The van der Waals surface area contributed by atoms with E-state index < -0.39 is 0 Å². The van der Waals surface area contributed by atoms with E-state index in [-0.39, 0.29) is 23.9 Å². The Balaban J connectivity index is 1.80. The van der Waals surface area contributed by atoms with E-state index >= 15 is 0 Å². The number of benzene rings is 1. The molecule has 1 aromatic carbocycles. The molecule has 156 valence electrons. The van der Waals surface area contributed by atoms with Crippen LogP contribution in [-0.4, -0.2) is 68.1 Å². The number of amides is 2. The first-order valence-electron chi connectivity index (χ1n) is 10.5. The van der Waals surface area contributed by atoms with E-state index in [4.69, 9.17) is 0 Å². The third-order valence-electron chi connectivity index (χ3n) is 5.62. The molecule has 3 N–H and O–H groups in total. The van der Waals surface area contributed by atoms with Crippen molar-refractivity contribution in [2.24, 2.45) is 0 Å². The molecule has 0 saturated carbocycles. The monoisotopic (exact) mass is 390 g/mol. The highest BCUT2D eigenvalue weighted by Crippen LogP contribution is 2.18. The lowest BCUT2D eigenvalue weighted by Gasteiger charge is -2.34. The molecule has 28 heavy (non-hydrogen) atoms. The van der Waals surface area contributed by atoms with Crippen LogP contribution in [0.15, 0.2) is 18.2 Å². The van der Waals surface area contributed by atoms with Gasteiger partial charge in [-0.2, -0.15) is 0 Å². The quantitative estimate of drug-likeness (QED) is 0.597. The Labute approximate surface area is 169 Å². The van der Waals surface area contributed by atoms with Crippen LogP contribution in [-0.2, 0) is 9.59 Å². The summed E-state index contributed by atoms with van der Waals surface area (Å²) in [5, 5.41) is 3.08. The van der Waals surface area contributed by atoms with Crippen molar-refractivity contribution in [1.82, 2.24) is 4.90 Å². The average Bonchev–Trinajstić information content (AvgIpc) is 2.59. The highest BCUT2D eigenvalue weighted by molar-refractivity contribution is 5.93. The smallest absolute Gasteiger partial charge is 0.279 e. The topological polar surface area (TPSA) is 58.3 Å². The number of para-hydroxylation sites is 1. The van der Waals surface area contributed by atoms with Crippen LogP contribution < -0.4 is 15.1 Å². The third kappa shape index (κ3) is 6.04. The fraction of sp³-hybridized carbons (Fsp3) is 0.636. The first kappa shape index (κ1) is 22.4. The van der Waals surface area contributed by atoms with Crippen LogP contribution in [0.3, 0.4) is 0 Å². The molecule has 0 radical (unpaired) electrons. The number of aryl methyl sites for hydroxylation is 2. The molecule has 0 atom stereocenters. The van der Waals surface area contributed by atoms with Crippen molar-refractivity contribution in [3.8, 4) is 0 Å². The molecule has 0 unspecified atom stereocenters. The Hall–Kier alpha value is -1.92. The van der Waals surface area contributed by atoms with E-state index in [1.54, 1.807) is 0 Å². The van der Waals surface area contributed by atoms with E-state index in [1.807, 2.05) is 36.9 Å². The van der Waals surface area contributed by atoms with Gasteiger partial charge in [0.2, 0.25) is 0 Å². The van der Waals surface area contributed by atoms with Gasteiger partial charge in [0, 0.05) is 17.8 Å². The van der Waals surface area contributed by atoms with Crippen LogP contribution in [0.2, 0.25) is 0 Å². The summed E-state index contributed by atoms with van der Waals surface area (Å²) < 4.78 is 0. The van der Waals surface area contributed by atoms with Crippen molar-refractivity contribution < 1.29 is 19.4 Å². The van der Waals surface area contributed by atoms with Crippen molar-refractivity contribution in [2.45, 2.75) is 53.6 Å². The minimum Gasteiger partial charge on any atom is -0.333 e. The Morgan fingerprint density at radius 3 is 1.86 bits per heavy atom. The zero-order valence-corrected chi connectivity index (χ0v) is 18.4. The molecule has 1 aliphatic heterocycles. The molecule has 1 fully saturated rings. The fourth-order valence-corrected chi connectivity index (χ4v) is 4.21. The van der Waals surface area contributed by atoms with Gasteiger partial charge >= 0.3 is 0 Å². The zero-order valence-electron chi connectivity index (χ0n) is 18.4. The fourth-order valence-electron chi connectivity index (χ4n) is 4.21. The Morgan fingerprint density at radius 2 is 1.39 bits per heavy atom. The Kier molecular flexibility index (Phi) is 8.01. The second-order valence-electron chi connectivity index (χ2n) is 8.66. The first-order valence-corrected chi connectivity index (χ1v) is 10.5. The van der Waals surface area contributed by atoms with Crippen LogP contribution in [0.25, 0.3) is 0 Å². The lowest BCUT2D eigenvalue weighted by atomic mass is 10.1. The third-order valence-corrected chi connectivity index (χ3v) is 5.62. The highest BCUT2D eigenvalue weighted by Gasteiger charge is 2.29. The number of anilines is 1. The van der Waals surface area contributed by atoms with Gasteiger partial charge in [-0.3, -0.25) is 9.59 Å². The van der Waals surface area contributed by atoms with Gasteiger partial charge in [-0.05, 0) is 52.7 Å². The molecule has 0 spiro atoms. The van der Waals surface area contributed by atoms with Gasteiger partial charge in [-0.1, -0.05) is 18.2 Å². The van der Waals surface area contributed by atoms with Crippen LogP contribution in [0.1, 0.15) is 38.8 Å². The molecular weight excluding hydrogens is 352 g/mol. The van der Waals surface area contributed by atoms with Gasteiger partial charge in [0.1, 0.15) is 26.2 Å². The molecule has 6 heteroatoms. The summed E-state index contributed by atoms with van der Waals surface area (Å²) in [6.07, 6.45) is 0. The van der Waals surface area contributed by atoms with Crippen LogP contribution in [0.4, 0.5) is 5.69 Å². The molecule has 0 bridgehead atoms. The molecule has 6 nitrogen and oxygen atoms in total. The number of quaternary nitrogens is 2. The van der Waals surface area contributed by atoms with Gasteiger partial charge in [0.25, 0.3) is 11.8 Å². The van der Waals surface area contributed by atoms with Crippen molar-refractivity contribution in [3.63, 3.8) is 0 Å². The maximum absolute atomic E-state index is 12.7. The van der Waals surface area contributed by atoms with Crippen LogP contribution in [0, 0.1) is 13.8 Å². The molecule has 1 heterocycles. The number of piperazine rings is 1. The molecule has 1 aromatic rings. The number of carbonyl (C=O) groups excluding carboxylic acids is 2. The van der Waals surface area contributed by atoms with Crippen LogP contribution >= 0.6 is 0 Å². The molecule has 0 aromatic heterocycles. The summed E-state index contributed by atoms with van der Waals surface area (Å²) in [6, 6.07) is 6.51. The number of hydrogen-bond acceptors (Lipinski definition) is 2. The molecule has 1 saturated heterocycles. The normalized spacial score (nSPS) is 19.7. The first-order chi connectivity index (χ1) is 13.2. The summed E-state index contributed by atoms with van der Waals surface area (Å²) >= 11 is 0. The van der Waals surface area contributed by atoms with Crippen molar-refractivity contribution >= 4 is 17.5 Å². The van der Waals surface area contributed by atoms with Crippen molar-refractivity contribution in [1.29, 1.82) is 0 Å². The zero-order chi connectivity index (χ0) is 20.8. The molecule has 2 rings (SSSR count). The molecule has 0 aliphatic carbocycles. The van der Waals surface area contributed by atoms with Gasteiger partial charge in [0.15, 0.2) is 13.1 Å². The second-order valence-corrected chi connectivity index (χ2v) is 8.66. The van der Waals surface area contributed by atoms with Crippen LogP contribution in [0.5, 0.6) is 0 Å². The predicted octanol–water partition coefficient (Wildman–Crippen LogP) is -0.329. The number of hydrogen-bond donors (Lipinski definition) is 3. The summed E-state index contributed by atoms with van der Waals surface area (Å²) in [5.74, 6) is 0.300. The van der Waals surface area contributed by atoms with E-state index in [0.29, 0.717) is 13.1 Å². The van der Waals surface area contributed by atoms with Gasteiger partial charge in [-0.25, -0.2) is 0 Å². The van der Waals surface area contributed by atoms with E-state index in [2.05, 4.69) is 33.0 Å². The minimum atomic E-state index is 0.0673. The van der Waals surface area contributed by atoms with Crippen molar-refractivity contribution in [3.05, 3.63) is 29.3 Å². The largest absolute Gasteiger partial charge is 0.333 e. The summed E-state index contributed by atoms with van der Waals surface area (Å²) in [4.78, 5) is 29.7. The van der Waals surface area contributed by atoms with Gasteiger partial charge in [-0.15, -0.1) is 0 Å². The molecule has 2 amide bonds. The average molecular weight is 391 g/mol. The minimum absolute atomic E-state index is 0.0673. The predicted molar refractivity (Wildman–Crippen MR) is 113 cm³/mol. The second kappa shape index (κ2) is 10.0. The van der Waals surface area contributed by atoms with E-state index in [0.717, 1.165) is 43.0 Å². The van der Waals surface area contributed by atoms with Crippen molar-refractivity contribution in [2.75, 3.05) is 44.6 Å². The number of nitrogens with zero attached hydrogens (tertiary/aromatic N) is 1. The lowest BCUT2D eigenvalue weighted by Crippen LogP contribution is -3.28. The molecular formula is C22H38N4O2+2. The summed E-state index contributed by atoms with van der Waals surface area (Å²) in [6.45, 7) is 17.1. The SMILES string of the molecule is Cc1cccc(C)c1NC(=O)C[NH+]1CC[NH+](CC(=O)N(C(C)C)C(C)C)CC1. The lowest BCUT2D eigenvalue weighted by molar-refractivity contribution is -1.00. The molecule has 1 aliphatic rings. The maximum Gasteiger partial charge on any atom is 0.279 e. The van der Waals surface area contributed by atoms with Gasteiger partial charge < -0.3 is 20.0 Å². The Morgan fingerprint density at radius 1 is 0.929 bits per heavy atom. The number of carbonyl (C=O) groups is 2. The number of nitrogens with one attached hydrogen (secondary N) is 3. The number of rotatable bonds is 7. The highest BCUT2D eigenvalue weighted by atomic mass is 16.2. The standard InChI is InChI=1S/C22H36N4O2/c1-16(2)26(17(3)4)21(28)15-25-12-10-24(11-13-25)14-20(27)23-22-18(5)8-7-9-19(22)6/h7-9,16-17H,10-15H2,1-6H3,(H,23,27)/p+2. The van der Waals surface area contributed by atoms with E-state index in [1.165, 1.54) is 9.80 Å².